The minimum Gasteiger partial charge on any atom is -0.345 e. The first kappa shape index (κ1) is 31.7. The van der Waals surface area contributed by atoms with E-state index in [-0.39, 0.29) is 6.04 Å². The Bertz CT molecular complexity index is 3400. The highest BCUT2D eigenvalue weighted by Gasteiger charge is 2.22. The van der Waals surface area contributed by atoms with Crippen LogP contribution in [-0.4, -0.2) is 19.7 Å². The molecule has 12 rings (SSSR count). The van der Waals surface area contributed by atoms with Gasteiger partial charge in [0.05, 0.1) is 39.1 Å². The van der Waals surface area contributed by atoms with Gasteiger partial charge in [-0.3, -0.25) is 4.57 Å². The lowest BCUT2D eigenvalue weighted by Crippen LogP contribution is -2.34. The third-order valence-corrected chi connectivity index (χ3v) is 11.7. The number of rotatable bonds is 4. The van der Waals surface area contributed by atoms with Crippen molar-refractivity contribution in [1.82, 2.24) is 19.0 Å². The fourth-order valence-corrected chi connectivity index (χ4v) is 9.19. The molecule has 5 nitrogen and oxygen atoms in total. The molecule has 1 aliphatic rings. The van der Waals surface area contributed by atoms with Crippen molar-refractivity contribution < 1.29 is 0 Å². The molecule has 4 heterocycles. The third kappa shape index (κ3) is 4.85. The fourth-order valence-electron chi connectivity index (χ4n) is 9.19. The van der Waals surface area contributed by atoms with Gasteiger partial charge in [0.1, 0.15) is 0 Å². The first-order valence-electron chi connectivity index (χ1n) is 19.5. The van der Waals surface area contributed by atoms with Crippen molar-refractivity contribution in [2.45, 2.75) is 6.04 Å². The third-order valence-electron chi connectivity index (χ3n) is 11.7. The molecule has 57 heavy (non-hydrogen) atoms. The molecule has 0 bridgehead atoms. The minimum atomic E-state index is -0.0641. The van der Waals surface area contributed by atoms with Gasteiger partial charge in [0.2, 0.25) is 5.96 Å². The second kappa shape index (κ2) is 12.4. The molecule has 0 fully saturated rings. The quantitative estimate of drug-likeness (QED) is 0.192. The van der Waals surface area contributed by atoms with Crippen LogP contribution in [0, 0.1) is 0 Å². The molecular formula is C52H35N5. The lowest BCUT2D eigenvalue weighted by atomic mass is 10.0. The Balaban J connectivity index is 0.935. The zero-order chi connectivity index (χ0) is 37.5. The monoisotopic (exact) mass is 729 g/mol. The first-order chi connectivity index (χ1) is 28.3. The Hall–Kier alpha value is -7.63. The number of fused-ring (bicyclic) bond motifs is 9. The average Bonchev–Trinajstić information content (AvgIpc) is 3.92. The van der Waals surface area contributed by atoms with Gasteiger partial charge in [-0.15, -0.1) is 0 Å². The zero-order valence-corrected chi connectivity index (χ0v) is 30.9. The average molecular weight is 730 g/mol. The summed E-state index contributed by atoms with van der Waals surface area (Å²) < 4.78 is 7.02. The van der Waals surface area contributed by atoms with Gasteiger partial charge < -0.3 is 14.5 Å². The Morgan fingerprint density at radius 3 is 1.42 bits per heavy atom. The highest BCUT2D eigenvalue weighted by atomic mass is 15.2. The second-order valence-corrected chi connectivity index (χ2v) is 14.9. The van der Waals surface area contributed by atoms with Crippen molar-refractivity contribution in [1.29, 1.82) is 0 Å². The highest BCUT2D eigenvalue weighted by Crippen LogP contribution is 2.38. The summed E-state index contributed by atoms with van der Waals surface area (Å²) >= 11 is 0. The molecule has 0 spiro atoms. The zero-order valence-electron chi connectivity index (χ0n) is 30.9. The Morgan fingerprint density at radius 2 is 0.825 bits per heavy atom. The van der Waals surface area contributed by atoms with E-state index >= 15 is 0 Å². The molecule has 0 amide bonds. The molecular weight excluding hydrogens is 695 g/mol. The van der Waals surface area contributed by atoms with E-state index in [1.807, 2.05) is 6.20 Å². The van der Waals surface area contributed by atoms with Crippen molar-refractivity contribution in [3.63, 3.8) is 0 Å². The van der Waals surface area contributed by atoms with E-state index in [2.05, 4.69) is 213 Å². The summed E-state index contributed by atoms with van der Waals surface area (Å²) in [7, 11) is 0. The lowest BCUT2D eigenvalue weighted by Gasteiger charge is -2.23. The van der Waals surface area contributed by atoms with Gasteiger partial charge in [-0.2, -0.15) is 0 Å². The van der Waals surface area contributed by atoms with Crippen LogP contribution in [0.5, 0.6) is 0 Å². The highest BCUT2D eigenvalue weighted by molar-refractivity contribution is 6.16. The lowest BCUT2D eigenvalue weighted by molar-refractivity contribution is 0.755. The van der Waals surface area contributed by atoms with Crippen molar-refractivity contribution in [3.8, 4) is 22.5 Å². The summed E-state index contributed by atoms with van der Waals surface area (Å²) in [6.45, 7) is 0. The molecule has 1 atom stereocenters. The molecule has 268 valence electrons. The summed E-state index contributed by atoms with van der Waals surface area (Å²) in [6, 6.07) is 67.9. The van der Waals surface area contributed by atoms with E-state index in [0.29, 0.717) is 0 Å². The van der Waals surface area contributed by atoms with Crippen LogP contribution in [0.1, 0.15) is 11.6 Å². The number of hydrogen-bond acceptors (Lipinski definition) is 2. The maximum absolute atomic E-state index is 4.95. The van der Waals surface area contributed by atoms with E-state index in [1.54, 1.807) is 0 Å². The standard InChI is InChI=1S/C52H35N5/c1-2-14-37(15-3-1)55-48-23-10-6-19-41(48)43-32-34(25-27-50(43)55)35-26-28-51-44(33-35)42-20-7-11-24-49(42)57(51)52-53-30-29-45(54-52)36-13-12-16-38(31-36)56-46-21-8-4-17-39(46)40-18-5-9-22-47(40)56/h1-33,45H,(H,53,54). The van der Waals surface area contributed by atoms with Gasteiger partial charge in [-0.25, -0.2) is 4.99 Å². The largest absolute Gasteiger partial charge is 0.345 e. The fraction of sp³-hybridized carbons (Fsp3) is 0.0192. The molecule has 0 saturated carbocycles. The molecule has 11 aromatic rings. The molecule has 3 aromatic heterocycles. The van der Waals surface area contributed by atoms with Gasteiger partial charge in [0.15, 0.2) is 0 Å². The Kier molecular flexibility index (Phi) is 6.92. The molecule has 0 aliphatic carbocycles. The van der Waals surface area contributed by atoms with Crippen LogP contribution < -0.4 is 5.32 Å². The molecule has 1 unspecified atom stereocenters. The number of aliphatic imine (C=N–C) groups is 1. The van der Waals surface area contributed by atoms with Crippen LogP contribution in [0.4, 0.5) is 0 Å². The number of benzene rings is 8. The van der Waals surface area contributed by atoms with Crippen LogP contribution in [-0.2, 0) is 0 Å². The number of nitrogens with zero attached hydrogens (tertiary/aromatic N) is 4. The maximum Gasteiger partial charge on any atom is 0.208 e. The number of nitrogens with one attached hydrogen (secondary N) is 1. The van der Waals surface area contributed by atoms with Crippen molar-refractivity contribution in [2.24, 2.45) is 4.99 Å². The number of para-hydroxylation sites is 5. The summed E-state index contributed by atoms with van der Waals surface area (Å²) in [5.41, 5.74) is 12.9. The molecule has 5 heteroatoms. The minimum absolute atomic E-state index is 0.0641. The van der Waals surface area contributed by atoms with Gasteiger partial charge >= 0.3 is 0 Å². The normalized spacial score (nSPS) is 14.3. The SMILES string of the molecule is C1=CC(c2cccc(-n3c4ccccc4c4ccccc43)c2)NC(n2c3ccccc3c3cc(-c4ccc5c(c4)c4ccccc4n5-c4ccccc4)ccc32)=N1. The van der Waals surface area contributed by atoms with Gasteiger partial charge in [0, 0.05) is 49.9 Å². The topological polar surface area (TPSA) is 39.2 Å². The summed E-state index contributed by atoms with van der Waals surface area (Å²) in [6.07, 6.45) is 4.09. The second-order valence-electron chi connectivity index (χ2n) is 14.9. The van der Waals surface area contributed by atoms with Crippen molar-refractivity contribution >= 4 is 71.4 Å². The van der Waals surface area contributed by atoms with Gasteiger partial charge in [-0.05, 0) is 95.6 Å². The van der Waals surface area contributed by atoms with E-state index in [9.17, 15) is 0 Å². The predicted octanol–water partition coefficient (Wildman–Crippen LogP) is 12.7. The molecule has 0 saturated heterocycles. The summed E-state index contributed by atoms with van der Waals surface area (Å²) in [4.78, 5) is 4.95. The molecule has 0 radical (unpaired) electrons. The van der Waals surface area contributed by atoms with Gasteiger partial charge in [0.25, 0.3) is 0 Å². The van der Waals surface area contributed by atoms with Crippen molar-refractivity contribution in [2.75, 3.05) is 0 Å². The van der Waals surface area contributed by atoms with E-state index in [0.717, 1.165) is 28.4 Å². The van der Waals surface area contributed by atoms with Crippen LogP contribution in [0.2, 0.25) is 0 Å². The maximum atomic E-state index is 4.95. The first-order valence-corrected chi connectivity index (χ1v) is 19.5. The molecule has 1 N–H and O–H groups in total. The van der Waals surface area contributed by atoms with E-state index in [1.165, 1.54) is 71.1 Å². The smallest absolute Gasteiger partial charge is 0.208 e. The van der Waals surface area contributed by atoms with Gasteiger partial charge in [-0.1, -0.05) is 115 Å². The summed E-state index contributed by atoms with van der Waals surface area (Å²) in [5.74, 6) is 0.804. The Morgan fingerprint density at radius 1 is 0.368 bits per heavy atom. The molecule has 8 aromatic carbocycles. The number of hydrogen-bond donors (Lipinski definition) is 1. The van der Waals surface area contributed by atoms with Crippen LogP contribution >= 0.6 is 0 Å². The molecule has 1 aliphatic heterocycles. The van der Waals surface area contributed by atoms with Crippen LogP contribution in [0.15, 0.2) is 205 Å². The van der Waals surface area contributed by atoms with Crippen LogP contribution in [0.3, 0.4) is 0 Å². The van der Waals surface area contributed by atoms with E-state index < -0.39 is 0 Å². The predicted molar refractivity (Wildman–Crippen MR) is 238 cm³/mol. The van der Waals surface area contributed by atoms with Crippen LogP contribution in [0.25, 0.3) is 87.9 Å². The number of aromatic nitrogens is 3. The van der Waals surface area contributed by atoms with E-state index in [4.69, 9.17) is 4.99 Å². The Labute approximate surface area is 328 Å². The summed E-state index contributed by atoms with van der Waals surface area (Å²) in [5, 5.41) is 11.2. The van der Waals surface area contributed by atoms with Crippen molar-refractivity contribution in [3.05, 3.63) is 206 Å².